The summed E-state index contributed by atoms with van der Waals surface area (Å²) < 4.78 is 0. The number of Topliss-reactive ketones (excluding diaryl/α,β-unsaturated/α-hetero) is 1. The fourth-order valence-electron chi connectivity index (χ4n) is 2.27. The SMILES string of the molecule is CC(=O)C1CCCCN1c1cc(C#N)ccn1. The molecule has 1 atom stereocenters. The van der Waals surface area contributed by atoms with Gasteiger partial charge in [0, 0.05) is 12.7 Å². The minimum absolute atomic E-state index is 0.0785. The zero-order valence-electron chi connectivity index (χ0n) is 9.89. The van der Waals surface area contributed by atoms with E-state index in [1.54, 1.807) is 25.3 Å². The van der Waals surface area contributed by atoms with Crippen LogP contribution in [0.2, 0.25) is 0 Å². The second-order valence-corrected chi connectivity index (χ2v) is 4.33. The third-order valence-corrected chi connectivity index (χ3v) is 3.14. The average molecular weight is 229 g/mol. The van der Waals surface area contributed by atoms with Crippen LogP contribution in [-0.4, -0.2) is 23.4 Å². The minimum atomic E-state index is -0.0785. The van der Waals surface area contributed by atoms with E-state index in [9.17, 15) is 4.79 Å². The van der Waals surface area contributed by atoms with Gasteiger partial charge in [0.25, 0.3) is 0 Å². The molecule has 1 unspecified atom stereocenters. The van der Waals surface area contributed by atoms with Crippen LogP contribution in [0.1, 0.15) is 31.7 Å². The van der Waals surface area contributed by atoms with Crippen LogP contribution in [0.5, 0.6) is 0 Å². The number of nitrogens with zero attached hydrogens (tertiary/aromatic N) is 3. The predicted molar refractivity (Wildman–Crippen MR) is 64.6 cm³/mol. The maximum Gasteiger partial charge on any atom is 0.152 e. The van der Waals surface area contributed by atoms with E-state index in [0.29, 0.717) is 5.56 Å². The topological polar surface area (TPSA) is 57.0 Å². The van der Waals surface area contributed by atoms with E-state index < -0.39 is 0 Å². The molecule has 1 aromatic heterocycles. The van der Waals surface area contributed by atoms with Gasteiger partial charge in [0.15, 0.2) is 5.78 Å². The lowest BCUT2D eigenvalue weighted by Crippen LogP contribution is -2.44. The fourth-order valence-corrected chi connectivity index (χ4v) is 2.27. The molecule has 4 nitrogen and oxygen atoms in total. The number of carbonyl (C=O) groups is 1. The van der Waals surface area contributed by atoms with E-state index in [2.05, 4.69) is 11.1 Å². The summed E-state index contributed by atoms with van der Waals surface area (Å²) in [6, 6.07) is 5.45. The lowest BCUT2D eigenvalue weighted by molar-refractivity contribution is -0.118. The number of pyridine rings is 1. The van der Waals surface area contributed by atoms with E-state index in [1.807, 2.05) is 4.90 Å². The molecule has 2 rings (SSSR count). The molecule has 1 aliphatic heterocycles. The summed E-state index contributed by atoms with van der Waals surface area (Å²) in [5, 5.41) is 8.87. The van der Waals surface area contributed by atoms with E-state index in [0.717, 1.165) is 31.6 Å². The van der Waals surface area contributed by atoms with Gasteiger partial charge in [-0.1, -0.05) is 0 Å². The highest BCUT2D eigenvalue weighted by Crippen LogP contribution is 2.24. The Labute approximate surface area is 101 Å². The van der Waals surface area contributed by atoms with Gasteiger partial charge in [-0.25, -0.2) is 4.98 Å². The largest absolute Gasteiger partial charge is 0.347 e. The van der Waals surface area contributed by atoms with Crippen molar-refractivity contribution in [1.82, 2.24) is 4.98 Å². The third-order valence-electron chi connectivity index (χ3n) is 3.14. The number of ketones is 1. The number of rotatable bonds is 2. The van der Waals surface area contributed by atoms with Crippen molar-refractivity contribution >= 4 is 11.6 Å². The first-order valence-corrected chi connectivity index (χ1v) is 5.85. The number of nitriles is 1. The molecule has 1 aliphatic rings. The van der Waals surface area contributed by atoms with Crippen molar-refractivity contribution < 1.29 is 4.79 Å². The molecule has 2 heterocycles. The molecule has 0 spiro atoms. The molecule has 0 saturated carbocycles. The molecule has 0 amide bonds. The Bertz CT molecular complexity index is 464. The van der Waals surface area contributed by atoms with Gasteiger partial charge in [-0.15, -0.1) is 0 Å². The van der Waals surface area contributed by atoms with Crippen LogP contribution in [0.25, 0.3) is 0 Å². The smallest absolute Gasteiger partial charge is 0.152 e. The molecule has 1 aromatic rings. The van der Waals surface area contributed by atoms with Crippen molar-refractivity contribution in [3.05, 3.63) is 23.9 Å². The fraction of sp³-hybridized carbons (Fsp3) is 0.462. The lowest BCUT2D eigenvalue weighted by Gasteiger charge is -2.35. The maximum atomic E-state index is 11.6. The Morgan fingerprint density at radius 2 is 2.41 bits per heavy atom. The lowest BCUT2D eigenvalue weighted by atomic mass is 9.99. The molecule has 0 aliphatic carbocycles. The van der Waals surface area contributed by atoms with Crippen LogP contribution >= 0.6 is 0 Å². The standard InChI is InChI=1S/C13H15N3O/c1-10(17)12-4-2-3-7-16(12)13-8-11(9-14)5-6-15-13/h5-6,8,12H,2-4,7H2,1H3. The first-order valence-electron chi connectivity index (χ1n) is 5.85. The second kappa shape index (κ2) is 4.96. The van der Waals surface area contributed by atoms with E-state index in [4.69, 9.17) is 5.26 Å². The predicted octanol–water partition coefficient (Wildman–Crippen LogP) is 1.90. The number of anilines is 1. The van der Waals surface area contributed by atoms with E-state index in [-0.39, 0.29) is 11.8 Å². The van der Waals surface area contributed by atoms with Crippen LogP contribution in [-0.2, 0) is 4.79 Å². The van der Waals surface area contributed by atoms with Crippen LogP contribution in [0, 0.1) is 11.3 Å². The van der Waals surface area contributed by atoms with Gasteiger partial charge >= 0.3 is 0 Å². The van der Waals surface area contributed by atoms with Crippen LogP contribution < -0.4 is 4.90 Å². The summed E-state index contributed by atoms with van der Waals surface area (Å²) in [5.41, 5.74) is 0.586. The number of piperidine rings is 1. The van der Waals surface area contributed by atoms with Crippen molar-refractivity contribution in [2.75, 3.05) is 11.4 Å². The van der Waals surface area contributed by atoms with Crippen molar-refractivity contribution in [1.29, 1.82) is 5.26 Å². The average Bonchev–Trinajstić information content (AvgIpc) is 2.39. The van der Waals surface area contributed by atoms with Gasteiger partial charge in [0.05, 0.1) is 17.7 Å². The van der Waals surface area contributed by atoms with Crippen molar-refractivity contribution in [3.63, 3.8) is 0 Å². The Kier molecular flexibility index (Phi) is 3.38. The number of carbonyl (C=O) groups excluding carboxylic acids is 1. The maximum absolute atomic E-state index is 11.6. The van der Waals surface area contributed by atoms with Crippen LogP contribution in [0.3, 0.4) is 0 Å². The molecule has 17 heavy (non-hydrogen) atoms. The summed E-state index contributed by atoms with van der Waals surface area (Å²) in [6.45, 7) is 2.46. The highest BCUT2D eigenvalue weighted by Gasteiger charge is 2.26. The molecular formula is C13H15N3O. The number of hydrogen-bond donors (Lipinski definition) is 0. The quantitative estimate of drug-likeness (QED) is 0.777. The zero-order valence-corrected chi connectivity index (χ0v) is 9.89. The minimum Gasteiger partial charge on any atom is -0.347 e. The normalized spacial score (nSPS) is 19.8. The first kappa shape index (κ1) is 11.6. The third kappa shape index (κ3) is 2.44. The van der Waals surface area contributed by atoms with Crippen LogP contribution in [0.15, 0.2) is 18.3 Å². The van der Waals surface area contributed by atoms with Gasteiger partial charge in [-0.05, 0) is 38.3 Å². The van der Waals surface area contributed by atoms with Crippen molar-refractivity contribution in [3.8, 4) is 6.07 Å². The highest BCUT2D eigenvalue weighted by molar-refractivity contribution is 5.84. The Morgan fingerprint density at radius 3 is 3.12 bits per heavy atom. The summed E-state index contributed by atoms with van der Waals surface area (Å²) in [7, 11) is 0. The Hall–Kier alpha value is -1.89. The van der Waals surface area contributed by atoms with Gasteiger partial charge < -0.3 is 4.90 Å². The van der Waals surface area contributed by atoms with Gasteiger partial charge in [-0.3, -0.25) is 4.79 Å². The summed E-state index contributed by atoms with van der Waals surface area (Å²) in [5.74, 6) is 0.915. The zero-order chi connectivity index (χ0) is 12.3. The van der Waals surface area contributed by atoms with Crippen molar-refractivity contribution in [2.45, 2.75) is 32.2 Å². The van der Waals surface area contributed by atoms with E-state index >= 15 is 0 Å². The molecular weight excluding hydrogens is 214 g/mol. The molecule has 88 valence electrons. The summed E-state index contributed by atoms with van der Waals surface area (Å²) in [4.78, 5) is 17.9. The van der Waals surface area contributed by atoms with Gasteiger partial charge in [0.2, 0.25) is 0 Å². The number of aromatic nitrogens is 1. The number of hydrogen-bond acceptors (Lipinski definition) is 4. The second-order valence-electron chi connectivity index (χ2n) is 4.33. The van der Waals surface area contributed by atoms with Crippen LogP contribution in [0.4, 0.5) is 5.82 Å². The molecule has 1 saturated heterocycles. The monoisotopic (exact) mass is 229 g/mol. The van der Waals surface area contributed by atoms with Gasteiger partial charge in [-0.2, -0.15) is 5.26 Å². The molecule has 0 bridgehead atoms. The highest BCUT2D eigenvalue weighted by atomic mass is 16.1. The van der Waals surface area contributed by atoms with Crippen molar-refractivity contribution in [2.24, 2.45) is 0 Å². The summed E-state index contributed by atoms with van der Waals surface area (Å²) in [6.07, 6.45) is 4.66. The molecule has 0 aromatic carbocycles. The molecule has 4 heteroatoms. The van der Waals surface area contributed by atoms with E-state index in [1.165, 1.54) is 0 Å². The Morgan fingerprint density at radius 1 is 1.59 bits per heavy atom. The molecule has 0 radical (unpaired) electrons. The first-order chi connectivity index (χ1) is 8.22. The summed E-state index contributed by atoms with van der Waals surface area (Å²) >= 11 is 0. The molecule has 1 fully saturated rings. The molecule has 0 N–H and O–H groups in total. The van der Waals surface area contributed by atoms with Gasteiger partial charge in [0.1, 0.15) is 5.82 Å². The Balaban J connectivity index is 2.29.